The molecule has 2 aliphatic heterocycles. The van der Waals surface area contributed by atoms with E-state index in [4.69, 9.17) is 4.52 Å². The molecule has 0 saturated carbocycles. The van der Waals surface area contributed by atoms with Gasteiger partial charge in [0.15, 0.2) is 5.76 Å². The summed E-state index contributed by atoms with van der Waals surface area (Å²) in [5, 5.41) is 18.1. The predicted octanol–water partition coefficient (Wildman–Crippen LogP) is 1.77. The van der Waals surface area contributed by atoms with Crippen molar-refractivity contribution < 1.29 is 14.4 Å². The van der Waals surface area contributed by atoms with Gasteiger partial charge in [-0.05, 0) is 18.2 Å². The lowest BCUT2D eigenvalue weighted by molar-refractivity contribution is -0.144. The topological polar surface area (TPSA) is 117 Å². The number of thioether (sulfide) groups is 1. The number of likely N-dealkylation sites (tertiary alicyclic amines) is 1. The maximum absolute atomic E-state index is 12.3. The lowest BCUT2D eigenvalue weighted by atomic mass is 9.98. The fourth-order valence-corrected chi connectivity index (χ4v) is 4.10. The maximum Gasteiger partial charge on any atom is 0.262 e. The third-order valence-corrected chi connectivity index (χ3v) is 6.60. The summed E-state index contributed by atoms with van der Waals surface area (Å²) < 4.78 is 5.33. The minimum atomic E-state index is -1.68. The van der Waals surface area contributed by atoms with E-state index in [9.17, 15) is 9.90 Å². The molecule has 0 bridgehead atoms. The Hall–Kier alpha value is -2.98. The zero-order chi connectivity index (χ0) is 20.7. The van der Waals surface area contributed by atoms with E-state index < -0.39 is 11.5 Å². The van der Waals surface area contributed by atoms with Gasteiger partial charge in [0.2, 0.25) is 11.5 Å². The Labute approximate surface area is 176 Å². The zero-order valence-corrected chi connectivity index (χ0v) is 17.1. The van der Waals surface area contributed by atoms with Crippen molar-refractivity contribution in [3.63, 3.8) is 0 Å². The Morgan fingerprint density at radius 1 is 1.20 bits per heavy atom. The van der Waals surface area contributed by atoms with E-state index in [-0.39, 0.29) is 12.2 Å². The normalized spacial score (nSPS) is 21.7. The van der Waals surface area contributed by atoms with Crippen LogP contribution in [0, 0.1) is 0 Å². The van der Waals surface area contributed by atoms with Crippen LogP contribution in [0.3, 0.4) is 0 Å². The van der Waals surface area contributed by atoms with Crippen molar-refractivity contribution in [1.29, 1.82) is 0 Å². The summed E-state index contributed by atoms with van der Waals surface area (Å²) in [7, 11) is 1.65. The van der Waals surface area contributed by atoms with Crippen molar-refractivity contribution in [2.75, 3.05) is 30.4 Å². The molecule has 2 N–H and O–H groups in total. The molecule has 10 heteroatoms. The molecule has 154 valence electrons. The fraction of sp³-hybridized carbons (Fsp3) is 0.350. The molecule has 1 amide bonds. The number of nitrogens with zero attached hydrogens (tertiary/aromatic N) is 5. The van der Waals surface area contributed by atoms with E-state index in [1.165, 1.54) is 4.90 Å². The zero-order valence-electron chi connectivity index (χ0n) is 16.3. The van der Waals surface area contributed by atoms with Gasteiger partial charge in [0, 0.05) is 49.8 Å². The highest BCUT2D eigenvalue weighted by Gasteiger charge is 2.48. The van der Waals surface area contributed by atoms with Crippen LogP contribution in [0.5, 0.6) is 0 Å². The number of hydrogen-bond donors (Lipinski definition) is 2. The van der Waals surface area contributed by atoms with E-state index >= 15 is 0 Å². The molecular formula is C20H20N6O3S. The Balaban J connectivity index is 1.41. The van der Waals surface area contributed by atoms with Crippen LogP contribution >= 0.6 is 11.8 Å². The van der Waals surface area contributed by atoms with Crippen LogP contribution in [0.1, 0.15) is 12.2 Å². The van der Waals surface area contributed by atoms with Crippen molar-refractivity contribution in [2.45, 2.75) is 18.1 Å². The smallest absolute Gasteiger partial charge is 0.262 e. The SMILES string of the molecule is CN1CCC(O)(c2cc(-c3cccc(-c4ccnc(NC5CSC5)n4)n3)no2)C1=O. The molecule has 3 aromatic heterocycles. The Morgan fingerprint density at radius 2 is 1.97 bits per heavy atom. The first-order chi connectivity index (χ1) is 14.5. The highest BCUT2D eigenvalue weighted by molar-refractivity contribution is 8.00. The highest BCUT2D eigenvalue weighted by Crippen LogP contribution is 2.34. The monoisotopic (exact) mass is 424 g/mol. The Morgan fingerprint density at radius 3 is 2.67 bits per heavy atom. The molecule has 1 atom stereocenters. The number of aliphatic hydroxyl groups is 1. The Kier molecular flexibility index (Phi) is 4.67. The van der Waals surface area contributed by atoms with Gasteiger partial charge in [-0.1, -0.05) is 11.2 Å². The number of amides is 1. The van der Waals surface area contributed by atoms with Crippen LogP contribution in [0.2, 0.25) is 0 Å². The summed E-state index contributed by atoms with van der Waals surface area (Å²) in [5.41, 5.74) is 0.692. The fourth-order valence-electron chi connectivity index (χ4n) is 3.47. The number of carbonyl (C=O) groups is 1. The quantitative estimate of drug-likeness (QED) is 0.632. The largest absolute Gasteiger partial charge is 0.373 e. The predicted molar refractivity (Wildman–Crippen MR) is 112 cm³/mol. The van der Waals surface area contributed by atoms with E-state index in [2.05, 4.69) is 25.4 Å². The van der Waals surface area contributed by atoms with Crippen molar-refractivity contribution in [2.24, 2.45) is 0 Å². The molecule has 0 aliphatic carbocycles. The summed E-state index contributed by atoms with van der Waals surface area (Å²) in [4.78, 5) is 27.3. The minimum absolute atomic E-state index is 0.131. The number of likely N-dealkylation sites (N-methyl/N-ethyl adjacent to an activating group) is 1. The van der Waals surface area contributed by atoms with Crippen molar-refractivity contribution in [3.8, 4) is 22.8 Å². The Bertz CT molecular complexity index is 1100. The van der Waals surface area contributed by atoms with Gasteiger partial charge in [-0.15, -0.1) is 0 Å². The highest BCUT2D eigenvalue weighted by atomic mass is 32.2. The minimum Gasteiger partial charge on any atom is -0.373 e. The molecule has 1 unspecified atom stereocenters. The first-order valence-corrected chi connectivity index (χ1v) is 10.8. The number of carbonyl (C=O) groups excluding carboxylic acids is 1. The van der Waals surface area contributed by atoms with E-state index in [0.717, 1.165) is 11.5 Å². The number of nitrogens with one attached hydrogen (secondary N) is 1. The second-order valence-electron chi connectivity index (χ2n) is 7.47. The van der Waals surface area contributed by atoms with Crippen LogP contribution in [0.25, 0.3) is 22.8 Å². The molecule has 2 saturated heterocycles. The summed E-state index contributed by atoms with van der Waals surface area (Å²) in [5.74, 6) is 2.43. The average molecular weight is 424 g/mol. The van der Waals surface area contributed by atoms with Gasteiger partial charge in [0.05, 0.1) is 17.1 Å². The van der Waals surface area contributed by atoms with Gasteiger partial charge in [0.1, 0.15) is 5.69 Å². The number of aromatic nitrogens is 4. The van der Waals surface area contributed by atoms with Crippen molar-refractivity contribution >= 4 is 23.6 Å². The van der Waals surface area contributed by atoms with Crippen LogP contribution in [-0.4, -0.2) is 67.2 Å². The lowest BCUT2D eigenvalue weighted by Crippen LogP contribution is -2.35. The van der Waals surface area contributed by atoms with Gasteiger partial charge in [0.25, 0.3) is 5.91 Å². The second kappa shape index (κ2) is 7.37. The number of anilines is 1. The molecule has 5 rings (SSSR count). The molecule has 3 aromatic rings. The molecule has 2 aliphatic rings. The number of pyridine rings is 1. The van der Waals surface area contributed by atoms with Crippen LogP contribution in [0.4, 0.5) is 5.95 Å². The van der Waals surface area contributed by atoms with Gasteiger partial charge in [-0.3, -0.25) is 4.79 Å². The molecular weight excluding hydrogens is 404 g/mol. The average Bonchev–Trinajstić information content (AvgIpc) is 3.34. The third kappa shape index (κ3) is 3.31. The van der Waals surface area contributed by atoms with Gasteiger partial charge < -0.3 is 19.8 Å². The molecule has 30 heavy (non-hydrogen) atoms. The van der Waals surface area contributed by atoms with Crippen molar-refractivity contribution in [1.82, 2.24) is 25.0 Å². The van der Waals surface area contributed by atoms with Gasteiger partial charge in [-0.2, -0.15) is 11.8 Å². The number of hydrogen-bond acceptors (Lipinski definition) is 9. The molecule has 5 heterocycles. The third-order valence-electron chi connectivity index (χ3n) is 5.33. The summed E-state index contributed by atoms with van der Waals surface area (Å²) in [6, 6.07) is 9.29. The summed E-state index contributed by atoms with van der Waals surface area (Å²) >= 11 is 1.89. The maximum atomic E-state index is 12.3. The van der Waals surface area contributed by atoms with E-state index in [0.29, 0.717) is 41.3 Å². The second-order valence-corrected chi connectivity index (χ2v) is 8.54. The van der Waals surface area contributed by atoms with Gasteiger partial charge >= 0.3 is 0 Å². The van der Waals surface area contributed by atoms with Crippen LogP contribution in [0.15, 0.2) is 41.1 Å². The number of rotatable bonds is 5. The molecule has 0 spiro atoms. The first kappa shape index (κ1) is 19.0. The molecule has 2 fully saturated rings. The van der Waals surface area contributed by atoms with Crippen molar-refractivity contribution in [3.05, 3.63) is 42.3 Å². The first-order valence-electron chi connectivity index (χ1n) is 9.63. The molecule has 0 aromatic carbocycles. The summed E-state index contributed by atoms with van der Waals surface area (Å²) in [6.45, 7) is 0.461. The molecule has 0 radical (unpaired) electrons. The standard InChI is InChI=1S/C20H20N6O3S/c1-26-8-6-20(28,18(26)27)17-9-16(25-29-17)14-4-2-3-13(23-14)15-5-7-21-19(24-15)22-12-10-30-11-12/h2-5,7,9,12,28H,6,8,10-11H2,1H3,(H,21,22,24). The molecule has 9 nitrogen and oxygen atoms in total. The van der Waals surface area contributed by atoms with Gasteiger partial charge in [-0.25, -0.2) is 15.0 Å². The lowest BCUT2D eigenvalue weighted by Gasteiger charge is -2.25. The van der Waals surface area contributed by atoms with E-state index in [1.807, 2.05) is 23.9 Å². The summed E-state index contributed by atoms with van der Waals surface area (Å²) in [6.07, 6.45) is 1.97. The van der Waals surface area contributed by atoms with Crippen LogP contribution in [-0.2, 0) is 10.4 Å². The van der Waals surface area contributed by atoms with E-state index in [1.54, 1.807) is 31.4 Å². The van der Waals surface area contributed by atoms with Crippen LogP contribution < -0.4 is 5.32 Å².